The molecule has 0 saturated heterocycles. The highest BCUT2D eigenvalue weighted by Crippen LogP contribution is 2.08. The summed E-state index contributed by atoms with van der Waals surface area (Å²) in [5.41, 5.74) is 2.89. The highest BCUT2D eigenvalue weighted by atomic mass is 16.3. The molecule has 0 spiro atoms. The van der Waals surface area contributed by atoms with Gasteiger partial charge < -0.3 is 10.4 Å². The molecule has 98 valence electrons. The summed E-state index contributed by atoms with van der Waals surface area (Å²) in [5.74, 6) is -0.0866. The lowest BCUT2D eigenvalue weighted by atomic mass is 10.1. The molecule has 1 rings (SSSR count). The third kappa shape index (κ3) is 4.72. The Hall–Kier alpha value is -1.61. The number of nitrogens with one attached hydrogen (secondary N) is 1. The number of aryl methyl sites for hydroxylation is 1. The van der Waals surface area contributed by atoms with Crippen LogP contribution in [0.2, 0.25) is 0 Å². The average Bonchev–Trinajstić information content (AvgIpc) is 2.32. The lowest BCUT2D eigenvalue weighted by Gasteiger charge is -2.12. The smallest absolute Gasteiger partial charge is 0.247 e. The fraction of sp³-hybridized carbons (Fsp3) is 0.400. The third-order valence-electron chi connectivity index (χ3n) is 2.76. The molecule has 0 bridgehead atoms. The van der Waals surface area contributed by atoms with Crippen LogP contribution >= 0.6 is 0 Å². The molecule has 0 radical (unpaired) electrons. The third-order valence-corrected chi connectivity index (χ3v) is 2.76. The van der Waals surface area contributed by atoms with Crippen molar-refractivity contribution < 1.29 is 9.90 Å². The molecule has 1 aromatic rings. The van der Waals surface area contributed by atoms with Crippen molar-refractivity contribution in [2.24, 2.45) is 0 Å². The number of carbonyl (C=O) groups is 1. The second-order valence-electron chi connectivity index (χ2n) is 4.62. The van der Waals surface area contributed by atoms with Crippen molar-refractivity contribution in [3.63, 3.8) is 0 Å². The van der Waals surface area contributed by atoms with Gasteiger partial charge in [-0.05, 0) is 38.8 Å². The number of carbonyl (C=O) groups excluding carboxylic acids is 1. The van der Waals surface area contributed by atoms with Crippen molar-refractivity contribution >= 4 is 12.0 Å². The number of amides is 1. The van der Waals surface area contributed by atoms with Crippen LogP contribution in [0, 0.1) is 6.92 Å². The Balaban J connectivity index is 2.65. The van der Waals surface area contributed by atoms with E-state index in [-0.39, 0.29) is 18.6 Å². The first-order chi connectivity index (χ1) is 8.52. The fourth-order valence-corrected chi connectivity index (χ4v) is 1.58. The van der Waals surface area contributed by atoms with Crippen LogP contribution in [0.25, 0.3) is 6.08 Å². The fourth-order valence-electron chi connectivity index (χ4n) is 1.58. The van der Waals surface area contributed by atoms with Crippen LogP contribution in [0.5, 0.6) is 0 Å². The Morgan fingerprint density at radius 3 is 2.56 bits per heavy atom. The maximum Gasteiger partial charge on any atom is 0.247 e. The van der Waals surface area contributed by atoms with Crippen molar-refractivity contribution in [2.75, 3.05) is 6.61 Å². The van der Waals surface area contributed by atoms with Gasteiger partial charge in [0.15, 0.2) is 0 Å². The molecule has 1 amide bonds. The Labute approximate surface area is 109 Å². The SMILES string of the molecule is C/C(=C\c1ccc(C)cc1)C(=O)N[C@H](C)CCO. The molecular formula is C15H21NO2. The Morgan fingerprint density at radius 1 is 1.39 bits per heavy atom. The van der Waals surface area contributed by atoms with E-state index >= 15 is 0 Å². The van der Waals surface area contributed by atoms with Crippen LogP contribution in [-0.4, -0.2) is 23.7 Å². The van der Waals surface area contributed by atoms with Crippen LogP contribution in [0.4, 0.5) is 0 Å². The first kappa shape index (κ1) is 14.5. The summed E-state index contributed by atoms with van der Waals surface area (Å²) in [4.78, 5) is 11.8. The number of hydrogen-bond acceptors (Lipinski definition) is 2. The normalized spacial score (nSPS) is 13.2. The van der Waals surface area contributed by atoms with E-state index in [1.807, 2.05) is 44.2 Å². The number of benzene rings is 1. The lowest BCUT2D eigenvalue weighted by molar-refractivity contribution is -0.118. The second kappa shape index (κ2) is 6.97. The van der Waals surface area contributed by atoms with Gasteiger partial charge in [0, 0.05) is 18.2 Å². The maximum atomic E-state index is 11.8. The van der Waals surface area contributed by atoms with Gasteiger partial charge in [0.1, 0.15) is 0 Å². The Morgan fingerprint density at radius 2 is 2.00 bits per heavy atom. The molecule has 1 aromatic carbocycles. The van der Waals surface area contributed by atoms with Gasteiger partial charge in [0.25, 0.3) is 0 Å². The van der Waals surface area contributed by atoms with Gasteiger partial charge in [-0.15, -0.1) is 0 Å². The molecule has 1 atom stereocenters. The molecular weight excluding hydrogens is 226 g/mol. The van der Waals surface area contributed by atoms with Crippen LogP contribution in [-0.2, 0) is 4.79 Å². The highest BCUT2D eigenvalue weighted by molar-refractivity contribution is 5.97. The van der Waals surface area contributed by atoms with Gasteiger partial charge in [0.2, 0.25) is 5.91 Å². The van der Waals surface area contributed by atoms with Crippen molar-refractivity contribution in [1.82, 2.24) is 5.32 Å². The van der Waals surface area contributed by atoms with E-state index in [0.717, 1.165) is 5.56 Å². The van der Waals surface area contributed by atoms with Crippen molar-refractivity contribution in [2.45, 2.75) is 33.2 Å². The van der Waals surface area contributed by atoms with E-state index in [9.17, 15) is 4.79 Å². The predicted octanol–water partition coefficient (Wildman–Crippen LogP) is 2.29. The zero-order chi connectivity index (χ0) is 13.5. The van der Waals surface area contributed by atoms with Gasteiger partial charge in [-0.3, -0.25) is 4.79 Å². The van der Waals surface area contributed by atoms with Crippen molar-refractivity contribution in [1.29, 1.82) is 0 Å². The molecule has 0 fully saturated rings. The van der Waals surface area contributed by atoms with Crippen molar-refractivity contribution in [3.8, 4) is 0 Å². The quantitative estimate of drug-likeness (QED) is 0.784. The summed E-state index contributed by atoms with van der Waals surface area (Å²) in [5, 5.41) is 11.6. The van der Waals surface area contributed by atoms with Gasteiger partial charge in [0.05, 0.1) is 0 Å². The first-order valence-corrected chi connectivity index (χ1v) is 6.19. The molecule has 0 aliphatic carbocycles. The molecule has 3 heteroatoms. The van der Waals surface area contributed by atoms with Gasteiger partial charge in [-0.2, -0.15) is 0 Å². The number of hydrogen-bond donors (Lipinski definition) is 2. The van der Waals surface area contributed by atoms with Crippen LogP contribution < -0.4 is 5.32 Å². The van der Waals surface area contributed by atoms with E-state index in [1.165, 1.54) is 5.56 Å². The summed E-state index contributed by atoms with van der Waals surface area (Å²) in [6.45, 7) is 5.79. The Kier molecular flexibility index (Phi) is 5.59. The lowest BCUT2D eigenvalue weighted by Crippen LogP contribution is -2.33. The number of aliphatic hydroxyl groups is 1. The molecule has 0 aliphatic heterocycles. The topological polar surface area (TPSA) is 49.3 Å². The van der Waals surface area contributed by atoms with E-state index < -0.39 is 0 Å². The van der Waals surface area contributed by atoms with Crippen molar-refractivity contribution in [3.05, 3.63) is 41.0 Å². The zero-order valence-corrected chi connectivity index (χ0v) is 11.2. The first-order valence-electron chi connectivity index (χ1n) is 6.19. The summed E-state index contributed by atoms with van der Waals surface area (Å²) >= 11 is 0. The molecule has 3 nitrogen and oxygen atoms in total. The van der Waals surface area contributed by atoms with E-state index in [1.54, 1.807) is 6.92 Å². The van der Waals surface area contributed by atoms with Gasteiger partial charge in [-0.25, -0.2) is 0 Å². The molecule has 18 heavy (non-hydrogen) atoms. The second-order valence-corrected chi connectivity index (χ2v) is 4.62. The molecule has 0 heterocycles. The molecule has 2 N–H and O–H groups in total. The molecule has 0 aromatic heterocycles. The van der Waals surface area contributed by atoms with Gasteiger partial charge in [-0.1, -0.05) is 29.8 Å². The largest absolute Gasteiger partial charge is 0.396 e. The van der Waals surface area contributed by atoms with Gasteiger partial charge >= 0.3 is 0 Å². The molecule has 0 unspecified atom stereocenters. The van der Waals surface area contributed by atoms with E-state index in [4.69, 9.17) is 5.11 Å². The minimum absolute atomic E-state index is 0.0103. The summed E-state index contributed by atoms with van der Waals surface area (Å²) in [6.07, 6.45) is 2.43. The molecule has 0 aliphatic rings. The average molecular weight is 247 g/mol. The molecule has 0 saturated carbocycles. The summed E-state index contributed by atoms with van der Waals surface area (Å²) in [7, 11) is 0. The van der Waals surface area contributed by atoms with Crippen LogP contribution in [0.15, 0.2) is 29.8 Å². The summed E-state index contributed by atoms with van der Waals surface area (Å²) in [6, 6.07) is 8.01. The minimum Gasteiger partial charge on any atom is -0.396 e. The zero-order valence-electron chi connectivity index (χ0n) is 11.2. The van der Waals surface area contributed by atoms with Crippen LogP contribution in [0.3, 0.4) is 0 Å². The highest BCUT2D eigenvalue weighted by Gasteiger charge is 2.08. The standard InChI is InChI=1S/C15H21NO2/c1-11-4-6-14(7-5-11)10-12(2)15(18)16-13(3)8-9-17/h4-7,10,13,17H,8-9H2,1-3H3,(H,16,18)/b12-10+/t13-/m1/s1. The van der Waals surface area contributed by atoms with E-state index in [2.05, 4.69) is 5.32 Å². The minimum atomic E-state index is -0.0866. The monoisotopic (exact) mass is 247 g/mol. The van der Waals surface area contributed by atoms with E-state index in [0.29, 0.717) is 12.0 Å². The van der Waals surface area contributed by atoms with Crippen LogP contribution in [0.1, 0.15) is 31.4 Å². The maximum absolute atomic E-state index is 11.8. The predicted molar refractivity (Wildman–Crippen MR) is 74.1 cm³/mol. The Bertz CT molecular complexity index is 421. The summed E-state index contributed by atoms with van der Waals surface area (Å²) < 4.78 is 0. The number of aliphatic hydroxyl groups excluding tert-OH is 1. The number of rotatable bonds is 5.